The predicted molar refractivity (Wildman–Crippen MR) is 87.9 cm³/mol. The molecule has 0 bridgehead atoms. The van der Waals surface area contributed by atoms with Crippen molar-refractivity contribution in [2.45, 2.75) is 51.6 Å². The quantitative estimate of drug-likeness (QED) is 0.387. The Bertz CT molecular complexity index is 561. The molecule has 0 radical (unpaired) electrons. The minimum atomic E-state index is -0.858. The molecule has 6 heteroatoms. The number of aliphatic hydroxyl groups excluding tert-OH is 1. The second kappa shape index (κ2) is 9.82. The first-order chi connectivity index (χ1) is 11.3. The number of hydrogen-bond acceptors (Lipinski definition) is 5. The van der Waals surface area contributed by atoms with Crippen molar-refractivity contribution in [1.29, 1.82) is 0 Å². The number of esters is 1. The number of unbranched alkanes of at least 4 members (excludes halogenated alkanes) is 1. The fourth-order valence-corrected chi connectivity index (χ4v) is 2.13. The van der Waals surface area contributed by atoms with Gasteiger partial charge in [-0.1, -0.05) is 24.3 Å². The van der Waals surface area contributed by atoms with Gasteiger partial charge in [-0.25, -0.2) is 0 Å². The molecule has 6 nitrogen and oxygen atoms in total. The summed E-state index contributed by atoms with van der Waals surface area (Å²) < 4.78 is 4.98. The van der Waals surface area contributed by atoms with E-state index in [1.807, 2.05) is 0 Å². The topological polar surface area (TPSA) is 101 Å². The maximum Gasteiger partial charge on any atom is 0.313 e. The minimum absolute atomic E-state index is 0.0451. The minimum Gasteiger partial charge on any atom is -0.481 e. The van der Waals surface area contributed by atoms with E-state index in [-0.39, 0.29) is 18.8 Å². The lowest BCUT2D eigenvalue weighted by Gasteiger charge is -2.13. The van der Waals surface area contributed by atoms with Crippen molar-refractivity contribution < 1.29 is 29.3 Å². The number of aliphatic hydroxyl groups is 1. The number of carboxylic acids is 1. The third-order valence-electron chi connectivity index (χ3n) is 3.60. The van der Waals surface area contributed by atoms with Crippen LogP contribution in [0.15, 0.2) is 24.3 Å². The summed E-state index contributed by atoms with van der Waals surface area (Å²) in [5, 5.41) is 17.7. The molecule has 1 aromatic rings. The van der Waals surface area contributed by atoms with Gasteiger partial charge >= 0.3 is 11.9 Å². The molecule has 2 N–H and O–H groups in total. The van der Waals surface area contributed by atoms with Gasteiger partial charge in [0.15, 0.2) is 5.78 Å². The average Bonchev–Trinajstić information content (AvgIpc) is 2.55. The van der Waals surface area contributed by atoms with Crippen LogP contribution in [0.25, 0.3) is 0 Å². The molecular formula is C18H24O6. The van der Waals surface area contributed by atoms with Crippen LogP contribution in [0.3, 0.4) is 0 Å². The molecule has 0 saturated carbocycles. The molecule has 0 heterocycles. The Hall–Kier alpha value is -2.21. The summed E-state index contributed by atoms with van der Waals surface area (Å²) in [6.45, 7) is 3.19. The number of aliphatic carboxylic acids is 1. The van der Waals surface area contributed by atoms with Gasteiger partial charge in [-0.3, -0.25) is 14.4 Å². The summed E-state index contributed by atoms with van der Waals surface area (Å²) in [5.41, 5.74) is 1.27. The van der Waals surface area contributed by atoms with Crippen molar-refractivity contribution >= 4 is 17.7 Å². The second-order valence-corrected chi connectivity index (χ2v) is 5.85. The summed E-state index contributed by atoms with van der Waals surface area (Å²) in [6.07, 6.45) is 0.680. The fraction of sp³-hybridized carbons (Fsp3) is 0.500. The van der Waals surface area contributed by atoms with Crippen molar-refractivity contribution in [2.75, 3.05) is 6.61 Å². The van der Waals surface area contributed by atoms with Gasteiger partial charge < -0.3 is 14.9 Å². The first kappa shape index (κ1) is 19.8. The molecule has 0 saturated heterocycles. The SMILES string of the molecule is CC(O)COC(=O)C(C)c1ccc(C(=O)CCCCC(=O)O)cc1. The first-order valence-corrected chi connectivity index (χ1v) is 8.01. The zero-order valence-electron chi connectivity index (χ0n) is 14.0. The molecule has 132 valence electrons. The van der Waals surface area contributed by atoms with E-state index in [0.717, 1.165) is 5.56 Å². The molecule has 0 aromatic heterocycles. The number of hydrogen-bond donors (Lipinski definition) is 2. The lowest BCUT2D eigenvalue weighted by atomic mass is 9.97. The molecule has 1 rings (SSSR count). The number of carbonyl (C=O) groups is 3. The van der Waals surface area contributed by atoms with E-state index in [2.05, 4.69) is 0 Å². The summed E-state index contributed by atoms with van der Waals surface area (Å²) in [4.78, 5) is 34.3. The van der Waals surface area contributed by atoms with Crippen molar-refractivity contribution in [3.05, 3.63) is 35.4 Å². The number of ketones is 1. The molecule has 0 aliphatic carbocycles. The summed E-state index contributed by atoms with van der Waals surface area (Å²) in [5.74, 6) is -1.81. The summed E-state index contributed by atoms with van der Waals surface area (Å²) in [6, 6.07) is 6.73. The summed E-state index contributed by atoms with van der Waals surface area (Å²) in [7, 11) is 0. The highest BCUT2D eigenvalue weighted by Gasteiger charge is 2.18. The number of rotatable bonds is 10. The van der Waals surface area contributed by atoms with Crippen LogP contribution in [0.1, 0.15) is 61.4 Å². The Morgan fingerprint density at radius 1 is 1.04 bits per heavy atom. The molecular weight excluding hydrogens is 312 g/mol. The number of ether oxygens (including phenoxy) is 1. The molecule has 0 aliphatic heterocycles. The van der Waals surface area contributed by atoms with E-state index in [9.17, 15) is 14.4 Å². The molecule has 24 heavy (non-hydrogen) atoms. The van der Waals surface area contributed by atoms with Crippen molar-refractivity contribution in [3.8, 4) is 0 Å². The highest BCUT2D eigenvalue weighted by molar-refractivity contribution is 5.96. The molecule has 0 amide bonds. The molecule has 1 aromatic carbocycles. The highest BCUT2D eigenvalue weighted by Crippen LogP contribution is 2.19. The monoisotopic (exact) mass is 336 g/mol. The summed E-state index contributed by atoms with van der Waals surface area (Å²) >= 11 is 0. The smallest absolute Gasteiger partial charge is 0.313 e. The first-order valence-electron chi connectivity index (χ1n) is 8.01. The third-order valence-corrected chi connectivity index (χ3v) is 3.60. The predicted octanol–water partition coefficient (Wildman–Crippen LogP) is 2.54. The fourth-order valence-electron chi connectivity index (χ4n) is 2.13. The van der Waals surface area contributed by atoms with Crippen LogP contribution < -0.4 is 0 Å². The molecule has 0 aliphatic rings. The largest absolute Gasteiger partial charge is 0.481 e. The van der Waals surface area contributed by atoms with Crippen LogP contribution in [-0.2, 0) is 14.3 Å². The average molecular weight is 336 g/mol. The zero-order valence-corrected chi connectivity index (χ0v) is 14.0. The lowest BCUT2D eigenvalue weighted by Crippen LogP contribution is -2.19. The molecule has 0 spiro atoms. The number of benzene rings is 1. The van der Waals surface area contributed by atoms with E-state index in [1.165, 1.54) is 6.92 Å². The van der Waals surface area contributed by atoms with Crippen LogP contribution >= 0.6 is 0 Å². The Balaban J connectivity index is 2.53. The Kier molecular flexibility index (Phi) is 8.12. The van der Waals surface area contributed by atoms with E-state index in [4.69, 9.17) is 14.9 Å². The maximum absolute atomic E-state index is 12.0. The van der Waals surface area contributed by atoms with Crippen LogP contribution in [-0.4, -0.2) is 40.6 Å². The van der Waals surface area contributed by atoms with Crippen molar-refractivity contribution in [2.24, 2.45) is 0 Å². The molecule has 0 fully saturated rings. The van der Waals surface area contributed by atoms with E-state index in [1.54, 1.807) is 31.2 Å². The van der Waals surface area contributed by atoms with Gasteiger partial charge in [0.1, 0.15) is 6.61 Å². The van der Waals surface area contributed by atoms with Gasteiger partial charge in [-0.2, -0.15) is 0 Å². The zero-order chi connectivity index (χ0) is 18.1. The van der Waals surface area contributed by atoms with E-state index in [0.29, 0.717) is 24.8 Å². The lowest BCUT2D eigenvalue weighted by molar-refractivity contribution is -0.147. The van der Waals surface area contributed by atoms with E-state index >= 15 is 0 Å². The third kappa shape index (κ3) is 6.91. The standard InChI is InChI=1S/C18H24O6/c1-12(19)11-24-18(23)13(2)14-7-9-15(10-8-14)16(20)5-3-4-6-17(21)22/h7-10,12-13,19H,3-6,11H2,1-2H3,(H,21,22). The molecule has 2 atom stereocenters. The number of carboxylic acid groups (broad SMARTS) is 1. The van der Waals surface area contributed by atoms with Crippen LogP contribution in [0, 0.1) is 0 Å². The van der Waals surface area contributed by atoms with Gasteiger partial charge in [0.05, 0.1) is 12.0 Å². The highest BCUT2D eigenvalue weighted by atomic mass is 16.5. The maximum atomic E-state index is 12.0. The van der Waals surface area contributed by atoms with Crippen molar-refractivity contribution in [1.82, 2.24) is 0 Å². The van der Waals surface area contributed by atoms with Gasteiger partial charge in [-0.05, 0) is 32.3 Å². The van der Waals surface area contributed by atoms with Crippen LogP contribution in [0.2, 0.25) is 0 Å². The molecule has 2 unspecified atom stereocenters. The normalized spacial score (nSPS) is 13.1. The Labute approximate surface area is 141 Å². The van der Waals surface area contributed by atoms with Crippen molar-refractivity contribution in [3.63, 3.8) is 0 Å². The van der Waals surface area contributed by atoms with Gasteiger partial charge in [-0.15, -0.1) is 0 Å². The Morgan fingerprint density at radius 2 is 1.62 bits per heavy atom. The van der Waals surface area contributed by atoms with Gasteiger partial charge in [0.25, 0.3) is 0 Å². The number of Topliss-reactive ketones (excluding diaryl/α,β-unsaturated/α-hetero) is 1. The second-order valence-electron chi connectivity index (χ2n) is 5.85. The Morgan fingerprint density at radius 3 is 2.17 bits per heavy atom. The van der Waals surface area contributed by atoms with Gasteiger partial charge in [0.2, 0.25) is 0 Å². The van der Waals surface area contributed by atoms with Crippen LogP contribution in [0.4, 0.5) is 0 Å². The number of carbonyl (C=O) groups excluding carboxylic acids is 2. The van der Waals surface area contributed by atoms with Gasteiger partial charge in [0, 0.05) is 18.4 Å². The van der Waals surface area contributed by atoms with E-state index < -0.39 is 24.0 Å². The van der Waals surface area contributed by atoms with Crippen LogP contribution in [0.5, 0.6) is 0 Å².